The Balaban J connectivity index is 2.30. The quantitative estimate of drug-likeness (QED) is 0.711. The summed E-state index contributed by atoms with van der Waals surface area (Å²) in [5, 5.41) is 0. The predicted molar refractivity (Wildman–Crippen MR) is 70.2 cm³/mol. The van der Waals surface area contributed by atoms with Crippen molar-refractivity contribution in [3.05, 3.63) is 53.8 Å². The van der Waals surface area contributed by atoms with Gasteiger partial charge in [-0.05, 0) is 31.2 Å². The maximum atomic E-state index is 13.3. The summed E-state index contributed by atoms with van der Waals surface area (Å²) < 4.78 is 15.1. The molecule has 1 aromatic heterocycles. The molecule has 2 N–H and O–H groups in total. The number of benzene rings is 2. The van der Waals surface area contributed by atoms with Gasteiger partial charge in [-0.2, -0.15) is 0 Å². The molecule has 0 aliphatic carbocycles. The third kappa shape index (κ3) is 1.62. The number of imidazole rings is 1. The van der Waals surface area contributed by atoms with Crippen LogP contribution in [-0.4, -0.2) is 9.55 Å². The first-order chi connectivity index (χ1) is 8.65. The van der Waals surface area contributed by atoms with Crippen molar-refractivity contribution in [1.82, 2.24) is 9.55 Å². The van der Waals surface area contributed by atoms with Crippen molar-refractivity contribution >= 4 is 17.0 Å². The van der Waals surface area contributed by atoms with Crippen molar-refractivity contribution in [3.8, 4) is 5.69 Å². The van der Waals surface area contributed by atoms with E-state index >= 15 is 0 Å². The molecule has 0 unspecified atom stereocenters. The maximum Gasteiger partial charge on any atom is 0.205 e. The Morgan fingerprint density at radius 2 is 1.83 bits per heavy atom. The first kappa shape index (κ1) is 10.8. The SMILES string of the molecule is Cc1ccc(-n2c(N)nc3ccc(F)cc32)cc1. The Hall–Kier alpha value is -2.36. The smallest absolute Gasteiger partial charge is 0.205 e. The third-order valence-electron chi connectivity index (χ3n) is 2.93. The van der Waals surface area contributed by atoms with Crippen molar-refractivity contribution in [3.63, 3.8) is 0 Å². The zero-order valence-electron chi connectivity index (χ0n) is 9.89. The average molecular weight is 241 g/mol. The van der Waals surface area contributed by atoms with Gasteiger partial charge in [-0.1, -0.05) is 17.7 Å². The van der Waals surface area contributed by atoms with Gasteiger partial charge in [0.25, 0.3) is 0 Å². The molecule has 0 radical (unpaired) electrons. The summed E-state index contributed by atoms with van der Waals surface area (Å²) in [4.78, 5) is 4.23. The molecule has 0 bridgehead atoms. The summed E-state index contributed by atoms with van der Waals surface area (Å²) in [6.45, 7) is 2.01. The van der Waals surface area contributed by atoms with E-state index < -0.39 is 0 Å². The fourth-order valence-electron chi connectivity index (χ4n) is 2.03. The number of aromatic nitrogens is 2. The monoisotopic (exact) mass is 241 g/mol. The highest BCUT2D eigenvalue weighted by atomic mass is 19.1. The van der Waals surface area contributed by atoms with Crippen molar-refractivity contribution < 1.29 is 4.39 Å². The van der Waals surface area contributed by atoms with Crippen LogP contribution < -0.4 is 5.73 Å². The molecule has 2 aromatic carbocycles. The Morgan fingerprint density at radius 3 is 2.56 bits per heavy atom. The van der Waals surface area contributed by atoms with Gasteiger partial charge in [-0.3, -0.25) is 4.57 Å². The van der Waals surface area contributed by atoms with E-state index in [0.29, 0.717) is 17.0 Å². The molecule has 18 heavy (non-hydrogen) atoms. The zero-order valence-corrected chi connectivity index (χ0v) is 9.89. The molecule has 0 amide bonds. The number of nitrogen functional groups attached to an aromatic ring is 1. The van der Waals surface area contributed by atoms with Gasteiger partial charge in [-0.25, -0.2) is 9.37 Å². The van der Waals surface area contributed by atoms with Crippen LogP contribution in [0.1, 0.15) is 5.56 Å². The lowest BCUT2D eigenvalue weighted by Crippen LogP contribution is -2.00. The summed E-state index contributed by atoms with van der Waals surface area (Å²) in [6, 6.07) is 12.3. The lowest BCUT2D eigenvalue weighted by atomic mass is 10.2. The number of fused-ring (bicyclic) bond motifs is 1. The summed E-state index contributed by atoms with van der Waals surface area (Å²) in [5.74, 6) is 0.0650. The van der Waals surface area contributed by atoms with Gasteiger partial charge in [0.15, 0.2) is 0 Å². The topological polar surface area (TPSA) is 43.8 Å². The molecule has 3 rings (SSSR count). The molecule has 0 saturated carbocycles. The summed E-state index contributed by atoms with van der Waals surface area (Å²) in [5.41, 5.74) is 9.31. The van der Waals surface area contributed by atoms with E-state index in [4.69, 9.17) is 5.73 Å². The predicted octanol–water partition coefficient (Wildman–Crippen LogP) is 3.06. The van der Waals surface area contributed by atoms with Crippen LogP contribution in [-0.2, 0) is 0 Å². The van der Waals surface area contributed by atoms with Crippen LogP contribution in [0.25, 0.3) is 16.7 Å². The van der Waals surface area contributed by atoms with Crippen LogP contribution in [0.4, 0.5) is 10.3 Å². The summed E-state index contributed by atoms with van der Waals surface area (Å²) >= 11 is 0. The second-order valence-corrected chi connectivity index (χ2v) is 4.27. The van der Waals surface area contributed by atoms with E-state index in [1.54, 1.807) is 10.6 Å². The van der Waals surface area contributed by atoms with Crippen LogP contribution >= 0.6 is 0 Å². The van der Waals surface area contributed by atoms with Gasteiger partial charge in [0.2, 0.25) is 5.95 Å². The molecule has 0 atom stereocenters. The Kier molecular flexibility index (Phi) is 2.30. The second-order valence-electron chi connectivity index (χ2n) is 4.27. The molecular weight excluding hydrogens is 229 g/mol. The minimum Gasteiger partial charge on any atom is -0.369 e. The number of halogens is 1. The number of aryl methyl sites for hydroxylation is 1. The lowest BCUT2D eigenvalue weighted by molar-refractivity contribution is 0.629. The van der Waals surface area contributed by atoms with Crippen LogP contribution in [0.3, 0.4) is 0 Å². The van der Waals surface area contributed by atoms with E-state index in [1.807, 2.05) is 31.2 Å². The molecule has 0 spiro atoms. The molecule has 0 saturated heterocycles. The van der Waals surface area contributed by atoms with E-state index in [-0.39, 0.29) is 5.82 Å². The molecule has 3 aromatic rings. The molecule has 0 fully saturated rings. The van der Waals surface area contributed by atoms with Crippen molar-refractivity contribution in [2.45, 2.75) is 6.92 Å². The number of nitrogens with two attached hydrogens (primary N) is 1. The number of nitrogens with zero attached hydrogens (tertiary/aromatic N) is 2. The van der Waals surface area contributed by atoms with E-state index in [2.05, 4.69) is 4.98 Å². The number of rotatable bonds is 1. The highest BCUT2D eigenvalue weighted by molar-refractivity contribution is 5.80. The third-order valence-corrected chi connectivity index (χ3v) is 2.93. The maximum absolute atomic E-state index is 13.3. The molecule has 4 heteroatoms. The highest BCUT2D eigenvalue weighted by Crippen LogP contribution is 2.23. The molecule has 0 aliphatic rings. The van der Waals surface area contributed by atoms with Gasteiger partial charge in [0.05, 0.1) is 11.0 Å². The van der Waals surface area contributed by atoms with Crippen molar-refractivity contribution in [1.29, 1.82) is 0 Å². The highest BCUT2D eigenvalue weighted by Gasteiger charge is 2.10. The van der Waals surface area contributed by atoms with Gasteiger partial charge in [0.1, 0.15) is 5.82 Å². The fourth-order valence-corrected chi connectivity index (χ4v) is 2.03. The zero-order chi connectivity index (χ0) is 12.7. The molecule has 1 heterocycles. The van der Waals surface area contributed by atoms with Crippen LogP contribution in [0.15, 0.2) is 42.5 Å². The summed E-state index contributed by atoms with van der Waals surface area (Å²) in [6.07, 6.45) is 0. The van der Waals surface area contributed by atoms with Gasteiger partial charge in [-0.15, -0.1) is 0 Å². The average Bonchev–Trinajstić information content (AvgIpc) is 2.66. The van der Waals surface area contributed by atoms with Gasteiger partial charge >= 0.3 is 0 Å². The Bertz CT molecular complexity index is 714. The van der Waals surface area contributed by atoms with Crippen LogP contribution in [0.2, 0.25) is 0 Å². The first-order valence-corrected chi connectivity index (χ1v) is 5.66. The largest absolute Gasteiger partial charge is 0.369 e. The molecule has 0 aliphatic heterocycles. The van der Waals surface area contributed by atoms with E-state index in [9.17, 15) is 4.39 Å². The molecular formula is C14H12FN3. The summed E-state index contributed by atoms with van der Waals surface area (Å²) in [7, 11) is 0. The normalized spacial score (nSPS) is 11.0. The minimum absolute atomic E-state index is 0.296. The van der Waals surface area contributed by atoms with Crippen molar-refractivity contribution in [2.75, 3.05) is 5.73 Å². The number of hydrogen-bond donors (Lipinski definition) is 1. The second kappa shape index (κ2) is 3.84. The van der Waals surface area contributed by atoms with Gasteiger partial charge < -0.3 is 5.73 Å². The number of hydrogen-bond acceptors (Lipinski definition) is 2. The first-order valence-electron chi connectivity index (χ1n) is 5.66. The van der Waals surface area contributed by atoms with Crippen LogP contribution in [0, 0.1) is 12.7 Å². The van der Waals surface area contributed by atoms with E-state index in [1.165, 1.54) is 12.1 Å². The van der Waals surface area contributed by atoms with Gasteiger partial charge in [0, 0.05) is 11.8 Å². The van der Waals surface area contributed by atoms with Crippen LogP contribution in [0.5, 0.6) is 0 Å². The fraction of sp³-hybridized carbons (Fsp3) is 0.0714. The standard InChI is InChI=1S/C14H12FN3/c1-9-2-5-11(6-3-9)18-13-8-10(15)4-7-12(13)17-14(18)16/h2-8H,1H3,(H2,16,17). The molecule has 3 nitrogen and oxygen atoms in total. The number of anilines is 1. The molecule has 90 valence electrons. The Labute approximate surface area is 104 Å². The Morgan fingerprint density at radius 1 is 1.11 bits per heavy atom. The van der Waals surface area contributed by atoms with E-state index in [0.717, 1.165) is 11.3 Å². The van der Waals surface area contributed by atoms with Crippen molar-refractivity contribution in [2.24, 2.45) is 0 Å². The minimum atomic E-state index is -0.296. The lowest BCUT2D eigenvalue weighted by Gasteiger charge is -2.06.